The molecule has 0 saturated carbocycles. The van der Waals surface area contributed by atoms with Gasteiger partial charge in [-0.2, -0.15) is 0 Å². The largest absolute Gasteiger partial charge is 0.236 e. The van der Waals surface area contributed by atoms with Crippen LogP contribution in [0.25, 0.3) is 21.8 Å². The second-order valence-corrected chi connectivity index (χ2v) is 6.28. The summed E-state index contributed by atoms with van der Waals surface area (Å²) in [6.45, 7) is 0. The van der Waals surface area contributed by atoms with Crippen LogP contribution < -0.4 is 0 Å². The van der Waals surface area contributed by atoms with Crippen molar-refractivity contribution < 1.29 is 0 Å². The summed E-state index contributed by atoms with van der Waals surface area (Å²) in [4.78, 5) is 4.62. The molecule has 0 bridgehead atoms. The van der Waals surface area contributed by atoms with Gasteiger partial charge in [-0.1, -0.05) is 53.0 Å². The average molecular weight is 341 g/mol. The molecule has 0 aliphatic rings. The van der Waals surface area contributed by atoms with E-state index in [4.69, 9.17) is 34.8 Å². The molecule has 100 valence electrons. The molecule has 0 N–H and O–H groups in total. The van der Waals surface area contributed by atoms with Crippen molar-refractivity contribution in [3.63, 3.8) is 0 Å². The van der Waals surface area contributed by atoms with Crippen molar-refractivity contribution in [3.8, 4) is 21.8 Å². The highest BCUT2D eigenvalue weighted by Crippen LogP contribution is 2.32. The Morgan fingerprint density at radius 3 is 2.20 bits per heavy atom. The van der Waals surface area contributed by atoms with Crippen molar-refractivity contribution in [3.05, 3.63) is 62.9 Å². The molecule has 0 amide bonds. The summed E-state index contributed by atoms with van der Waals surface area (Å²) in [6, 6.07) is 13.1. The second-order valence-electron chi connectivity index (χ2n) is 4.17. The summed E-state index contributed by atoms with van der Waals surface area (Å²) < 4.78 is 0. The smallest absolute Gasteiger partial charge is 0.124 e. The highest BCUT2D eigenvalue weighted by molar-refractivity contribution is 7.13. The monoisotopic (exact) mass is 339 g/mol. The topological polar surface area (TPSA) is 12.9 Å². The van der Waals surface area contributed by atoms with Crippen LogP contribution in [0.3, 0.4) is 0 Å². The first-order chi connectivity index (χ1) is 9.63. The third-order valence-corrected chi connectivity index (χ3v) is 4.69. The third kappa shape index (κ3) is 2.84. The van der Waals surface area contributed by atoms with E-state index in [1.807, 2.05) is 41.8 Å². The molecule has 0 radical (unpaired) electrons. The van der Waals surface area contributed by atoms with E-state index in [-0.39, 0.29) is 0 Å². The van der Waals surface area contributed by atoms with Crippen LogP contribution in [0.4, 0.5) is 0 Å². The maximum atomic E-state index is 6.03. The molecule has 0 aliphatic heterocycles. The summed E-state index contributed by atoms with van der Waals surface area (Å²) in [6.07, 6.45) is 0. The lowest BCUT2D eigenvalue weighted by molar-refractivity contribution is 1.40. The van der Waals surface area contributed by atoms with Gasteiger partial charge in [0.05, 0.1) is 15.7 Å². The van der Waals surface area contributed by atoms with Crippen molar-refractivity contribution in [2.45, 2.75) is 0 Å². The Bertz CT molecular complexity index is 750. The number of halogens is 3. The molecule has 0 saturated heterocycles. The second kappa shape index (κ2) is 5.74. The van der Waals surface area contributed by atoms with E-state index < -0.39 is 0 Å². The predicted molar refractivity (Wildman–Crippen MR) is 88.0 cm³/mol. The summed E-state index contributed by atoms with van der Waals surface area (Å²) in [7, 11) is 0. The molecule has 1 aromatic heterocycles. The first-order valence-electron chi connectivity index (χ1n) is 5.80. The van der Waals surface area contributed by atoms with E-state index in [1.165, 1.54) is 0 Å². The minimum absolute atomic E-state index is 0.533. The molecule has 0 fully saturated rings. The van der Waals surface area contributed by atoms with Crippen molar-refractivity contribution in [1.29, 1.82) is 0 Å². The fourth-order valence-electron chi connectivity index (χ4n) is 1.79. The molecule has 3 aromatic rings. The molecular formula is C15H8Cl3NS. The molecule has 20 heavy (non-hydrogen) atoms. The molecule has 2 aromatic carbocycles. The summed E-state index contributed by atoms with van der Waals surface area (Å²) in [5, 5.41) is 4.75. The van der Waals surface area contributed by atoms with E-state index in [0.717, 1.165) is 26.9 Å². The van der Waals surface area contributed by atoms with Gasteiger partial charge in [0.25, 0.3) is 0 Å². The van der Waals surface area contributed by atoms with E-state index >= 15 is 0 Å². The molecule has 0 spiro atoms. The Morgan fingerprint density at radius 2 is 1.50 bits per heavy atom. The molecular weight excluding hydrogens is 333 g/mol. The Balaban J connectivity index is 1.97. The van der Waals surface area contributed by atoms with E-state index in [9.17, 15) is 0 Å². The van der Waals surface area contributed by atoms with Crippen LogP contribution in [-0.2, 0) is 0 Å². The van der Waals surface area contributed by atoms with Gasteiger partial charge in [-0.15, -0.1) is 11.3 Å². The first-order valence-corrected chi connectivity index (χ1v) is 7.82. The molecule has 0 aliphatic carbocycles. The SMILES string of the molecule is Clc1ccc(-c2nc(-c3ccc(Cl)c(Cl)c3)cs2)cc1. The van der Waals surface area contributed by atoms with Gasteiger partial charge < -0.3 is 0 Å². The standard InChI is InChI=1S/C15H8Cl3NS/c16-11-4-1-9(2-5-11)15-19-14(8-20-15)10-3-6-12(17)13(18)7-10/h1-8H. The molecule has 0 unspecified atom stereocenters. The van der Waals surface area contributed by atoms with Crippen molar-refractivity contribution in [2.75, 3.05) is 0 Å². The third-order valence-electron chi connectivity index (χ3n) is 2.81. The summed E-state index contributed by atoms with van der Waals surface area (Å²) in [5.41, 5.74) is 2.89. The number of nitrogens with zero attached hydrogens (tertiary/aromatic N) is 1. The molecule has 1 nitrogen and oxygen atoms in total. The van der Waals surface area contributed by atoms with Gasteiger partial charge in [0, 0.05) is 21.5 Å². The molecule has 5 heteroatoms. The lowest BCUT2D eigenvalue weighted by atomic mass is 10.2. The Morgan fingerprint density at radius 1 is 0.800 bits per heavy atom. The normalized spacial score (nSPS) is 10.8. The minimum atomic E-state index is 0.533. The zero-order valence-electron chi connectivity index (χ0n) is 10.1. The van der Waals surface area contributed by atoms with Gasteiger partial charge in [0.2, 0.25) is 0 Å². The van der Waals surface area contributed by atoms with Crippen molar-refractivity contribution in [2.24, 2.45) is 0 Å². The molecule has 0 atom stereocenters. The van der Waals surface area contributed by atoms with Gasteiger partial charge in [0.15, 0.2) is 0 Å². The number of hydrogen-bond donors (Lipinski definition) is 0. The zero-order chi connectivity index (χ0) is 14.1. The number of rotatable bonds is 2. The van der Waals surface area contributed by atoms with Crippen molar-refractivity contribution in [1.82, 2.24) is 4.98 Å². The zero-order valence-corrected chi connectivity index (χ0v) is 13.2. The summed E-state index contributed by atoms with van der Waals surface area (Å²) in [5.74, 6) is 0. The quantitative estimate of drug-likeness (QED) is 0.523. The van der Waals surface area contributed by atoms with E-state index in [2.05, 4.69) is 4.98 Å². The van der Waals surface area contributed by atoms with Crippen molar-refractivity contribution >= 4 is 46.1 Å². The van der Waals surface area contributed by atoms with Gasteiger partial charge in [-0.3, -0.25) is 0 Å². The number of hydrogen-bond acceptors (Lipinski definition) is 2. The maximum absolute atomic E-state index is 6.03. The Labute approximate surface area is 135 Å². The van der Waals surface area contributed by atoms with Crippen LogP contribution in [0.2, 0.25) is 15.1 Å². The van der Waals surface area contributed by atoms with Crippen LogP contribution in [-0.4, -0.2) is 4.98 Å². The average Bonchev–Trinajstić information content (AvgIpc) is 2.92. The van der Waals surface area contributed by atoms with Gasteiger partial charge in [0.1, 0.15) is 5.01 Å². The predicted octanol–water partition coefficient (Wildman–Crippen LogP) is 6.44. The number of thiazole rings is 1. The Hall–Kier alpha value is -1.06. The highest BCUT2D eigenvalue weighted by Gasteiger charge is 2.08. The van der Waals surface area contributed by atoms with Crippen LogP contribution in [0, 0.1) is 0 Å². The maximum Gasteiger partial charge on any atom is 0.124 e. The Kier molecular flexibility index (Phi) is 3.99. The summed E-state index contributed by atoms with van der Waals surface area (Å²) >= 11 is 19.4. The first kappa shape index (κ1) is 13.9. The molecule has 1 heterocycles. The van der Waals surface area contributed by atoms with Crippen LogP contribution in [0.5, 0.6) is 0 Å². The van der Waals surface area contributed by atoms with E-state index in [0.29, 0.717) is 10.0 Å². The van der Waals surface area contributed by atoms with Crippen LogP contribution >= 0.6 is 46.1 Å². The highest BCUT2D eigenvalue weighted by atomic mass is 35.5. The fourth-order valence-corrected chi connectivity index (χ4v) is 3.05. The lowest BCUT2D eigenvalue weighted by Crippen LogP contribution is -1.80. The number of benzene rings is 2. The lowest BCUT2D eigenvalue weighted by Gasteiger charge is -2.00. The minimum Gasteiger partial charge on any atom is -0.236 e. The van der Waals surface area contributed by atoms with Gasteiger partial charge >= 0.3 is 0 Å². The van der Waals surface area contributed by atoms with Gasteiger partial charge in [-0.25, -0.2) is 4.98 Å². The van der Waals surface area contributed by atoms with Crippen LogP contribution in [0.1, 0.15) is 0 Å². The van der Waals surface area contributed by atoms with Gasteiger partial charge in [-0.05, 0) is 24.3 Å². The van der Waals surface area contributed by atoms with Crippen LogP contribution in [0.15, 0.2) is 47.8 Å². The molecule has 3 rings (SSSR count). The van der Waals surface area contributed by atoms with E-state index in [1.54, 1.807) is 17.4 Å². The number of aromatic nitrogens is 1. The fraction of sp³-hybridized carbons (Fsp3) is 0.